The van der Waals surface area contributed by atoms with Gasteiger partial charge < -0.3 is 9.32 Å². The monoisotopic (exact) mass is 347 g/mol. The molecule has 0 saturated heterocycles. The third-order valence-electron chi connectivity index (χ3n) is 4.33. The minimum atomic E-state index is -0.391. The fourth-order valence-electron chi connectivity index (χ4n) is 3.03. The van der Waals surface area contributed by atoms with Crippen molar-refractivity contribution in [2.45, 2.75) is 13.8 Å². The molecule has 0 saturated carbocycles. The van der Waals surface area contributed by atoms with Crippen molar-refractivity contribution >= 4 is 23.0 Å². The number of fused-ring (bicyclic) bond motifs is 1. The van der Waals surface area contributed by atoms with Crippen molar-refractivity contribution in [2.75, 3.05) is 14.1 Å². The minimum absolute atomic E-state index is 0.0554. The number of nitrogens with zero attached hydrogens (tertiary/aromatic N) is 1. The Bertz CT molecular complexity index is 1070. The molecule has 1 heterocycles. The van der Waals surface area contributed by atoms with Crippen LogP contribution in [0.1, 0.15) is 18.1 Å². The first-order valence-corrected chi connectivity index (χ1v) is 8.40. The van der Waals surface area contributed by atoms with Crippen LogP contribution >= 0.6 is 0 Å². The van der Waals surface area contributed by atoms with Gasteiger partial charge in [-0.3, -0.25) is 4.79 Å². The van der Waals surface area contributed by atoms with Crippen LogP contribution in [0.2, 0.25) is 0 Å². The van der Waals surface area contributed by atoms with E-state index in [0.717, 1.165) is 27.6 Å². The van der Waals surface area contributed by atoms with E-state index in [-0.39, 0.29) is 5.91 Å². The topological polar surface area (TPSA) is 50.5 Å². The molecule has 0 bridgehead atoms. The van der Waals surface area contributed by atoms with Crippen LogP contribution in [0.4, 0.5) is 0 Å². The molecule has 0 aliphatic rings. The first-order chi connectivity index (χ1) is 12.4. The maximum Gasteiger partial charge on any atom is 0.336 e. The van der Waals surface area contributed by atoms with Gasteiger partial charge in [-0.15, -0.1) is 0 Å². The van der Waals surface area contributed by atoms with Crippen LogP contribution in [0.3, 0.4) is 0 Å². The van der Waals surface area contributed by atoms with E-state index in [0.29, 0.717) is 11.2 Å². The summed E-state index contributed by atoms with van der Waals surface area (Å²) in [7, 11) is 3.43. The van der Waals surface area contributed by atoms with Crippen molar-refractivity contribution in [2.24, 2.45) is 0 Å². The zero-order valence-corrected chi connectivity index (χ0v) is 15.4. The van der Waals surface area contributed by atoms with Gasteiger partial charge in [0.05, 0.1) is 0 Å². The van der Waals surface area contributed by atoms with E-state index >= 15 is 0 Å². The summed E-state index contributed by atoms with van der Waals surface area (Å²) in [4.78, 5) is 25.6. The highest BCUT2D eigenvalue weighted by atomic mass is 16.4. The first kappa shape index (κ1) is 17.7. The molecule has 0 N–H and O–H groups in total. The third kappa shape index (κ3) is 3.45. The van der Waals surface area contributed by atoms with E-state index in [1.54, 1.807) is 33.2 Å². The summed E-state index contributed by atoms with van der Waals surface area (Å²) >= 11 is 0. The molecule has 0 atom stereocenters. The molecule has 0 aliphatic heterocycles. The number of amides is 1. The van der Waals surface area contributed by atoms with Gasteiger partial charge in [-0.05, 0) is 42.7 Å². The smallest absolute Gasteiger partial charge is 0.336 e. The van der Waals surface area contributed by atoms with Crippen LogP contribution in [-0.4, -0.2) is 24.9 Å². The second-order valence-corrected chi connectivity index (χ2v) is 6.58. The number of aryl methyl sites for hydroxylation is 1. The van der Waals surface area contributed by atoms with Gasteiger partial charge in [0.25, 0.3) is 0 Å². The summed E-state index contributed by atoms with van der Waals surface area (Å²) in [6, 6.07) is 15.1. The van der Waals surface area contributed by atoms with Gasteiger partial charge in [0.2, 0.25) is 5.91 Å². The van der Waals surface area contributed by atoms with Gasteiger partial charge in [-0.25, -0.2) is 4.79 Å². The van der Waals surface area contributed by atoms with E-state index < -0.39 is 5.63 Å². The van der Waals surface area contributed by atoms with E-state index in [9.17, 15) is 9.59 Å². The molecule has 132 valence electrons. The van der Waals surface area contributed by atoms with Crippen LogP contribution in [-0.2, 0) is 4.79 Å². The second kappa shape index (κ2) is 7.00. The Labute approximate surface area is 152 Å². The van der Waals surface area contributed by atoms with E-state index in [1.807, 2.05) is 43.3 Å². The van der Waals surface area contributed by atoms with Crippen molar-refractivity contribution in [1.82, 2.24) is 4.90 Å². The Kier molecular flexibility index (Phi) is 4.76. The molecule has 2 aromatic carbocycles. The molecule has 26 heavy (non-hydrogen) atoms. The highest BCUT2D eigenvalue weighted by Crippen LogP contribution is 2.30. The Morgan fingerprint density at radius 2 is 1.77 bits per heavy atom. The van der Waals surface area contributed by atoms with Crippen molar-refractivity contribution in [3.05, 3.63) is 75.7 Å². The molecule has 3 aromatic rings. The van der Waals surface area contributed by atoms with Gasteiger partial charge in [-0.2, -0.15) is 0 Å². The van der Waals surface area contributed by atoms with Crippen molar-refractivity contribution < 1.29 is 9.21 Å². The molecule has 4 nitrogen and oxygen atoms in total. The third-order valence-corrected chi connectivity index (χ3v) is 4.33. The minimum Gasteiger partial charge on any atom is -0.423 e. The van der Waals surface area contributed by atoms with Gasteiger partial charge in [0, 0.05) is 36.7 Å². The van der Waals surface area contributed by atoms with Crippen molar-refractivity contribution in [3.63, 3.8) is 0 Å². The number of benzene rings is 2. The SMILES string of the molecule is CC(=Cc1ccc2c(-c3ccccc3C)cc(=O)oc2c1)C(=O)N(C)C. The highest BCUT2D eigenvalue weighted by molar-refractivity contribution is 5.98. The number of likely N-dealkylation sites (N-methyl/N-ethyl adjacent to an activating group) is 1. The largest absolute Gasteiger partial charge is 0.423 e. The van der Waals surface area contributed by atoms with Crippen LogP contribution in [0.25, 0.3) is 28.2 Å². The average Bonchev–Trinajstić information content (AvgIpc) is 2.60. The molecule has 4 heteroatoms. The lowest BCUT2D eigenvalue weighted by Gasteiger charge is -2.11. The average molecular weight is 347 g/mol. The summed E-state index contributed by atoms with van der Waals surface area (Å²) in [5.74, 6) is -0.0554. The number of hydrogen-bond acceptors (Lipinski definition) is 3. The Hall–Kier alpha value is -3.14. The molecule has 0 fully saturated rings. The molecule has 3 rings (SSSR count). The molecule has 1 aromatic heterocycles. The quantitative estimate of drug-likeness (QED) is 0.525. The van der Waals surface area contributed by atoms with Gasteiger partial charge in [0.1, 0.15) is 5.58 Å². The fraction of sp³-hybridized carbons (Fsp3) is 0.182. The van der Waals surface area contributed by atoms with Crippen molar-refractivity contribution in [1.29, 1.82) is 0 Å². The zero-order valence-electron chi connectivity index (χ0n) is 15.4. The summed E-state index contributed by atoms with van der Waals surface area (Å²) in [6.45, 7) is 3.79. The fourth-order valence-corrected chi connectivity index (χ4v) is 3.03. The van der Waals surface area contributed by atoms with E-state index in [1.165, 1.54) is 11.0 Å². The number of hydrogen-bond donors (Lipinski definition) is 0. The Balaban J connectivity index is 2.16. The number of rotatable bonds is 3. The molecular weight excluding hydrogens is 326 g/mol. The summed E-state index contributed by atoms with van der Waals surface area (Å²) in [6.07, 6.45) is 1.79. The maximum absolute atomic E-state index is 12.1. The summed E-state index contributed by atoms with van der Waals surface area (Å²) in [5.41, 5.74) is 4.50. The molecule has 0 radical (unpaired) electrons. The second-order valence-electron chi connectivity index (χ2n) is 6.58. The van der Waals surface area contributed by atoms with Gasteiger partial charge in [0.15, 0.2) is 0 Å². The van der Waals surface area contributed by atoms with Crippen molar-refractivity contribution in [3.8, 4) is 11.1 Å². The first-order valence-electron chi connectivity index (χ1n) is 8.40. The summed E-state index contributed by atoms with van der Waals surface area (Å²) < 4.78 is 5.41. The van der Waals surface area contributed by atoms with Crippen LogP contribution < -0.4 is 5.63 Å². The number of carbonyl (C=O) groups is 1. The normalized spacial score (nSPS) is 11.6. The Morgan fingerprint density at radius 3 is 2.46 bits per heavy atom. The van der Waals surface area contributed by atoms with Crippen LogP contribution in [0.15, 0.2) is 63.3 Å². The predicted octanol–water partition coefficient (Wildman–Crippen LogP) is 4.26. The standard InChI is InChI=1S/C22H21NO3/c1-14-7-5-6-8-17(14)19-13-21(24)26-20-12-16(9-10-18(19)20)11-15(2)22(25)23(3)4/h5-13H,1-4H3. The lowest BCUT2D eigenvalue weighted by Crippen LogP contribution is -2.22. The van der Waals surface area contributed by atoms with E-state index in [4.69, 9.17) is 4.42 Å². The Morgan fingerprint density at radius 1 is 1.04 bits per heavy atom. The zero-order chi connectivity index (χ0) is 18.8. The molecular formula is C22H21NO3. The van der Waals surface area contributed by atoms with Gasteiger partial charge in [-0.1, -0.05) is 36.4 Å². The number of carbonyl (C=O) groups excluding carboxylic acids is 1. The lowest BCUT2D eigenvalue weighted by molar-refractivity contribution is -0.124. The summed E-state index contributed by atoms with van der Waals surface area (Å²) in [5, 5.41) is 0.868. The van der Waals surface area contributed by atoms with E-state index in [2.05, 4.69) is 0 Å². The van der Waals surface area contributed by atoms with Crippen LogP contribution in [0.5, 0.6) is 0 Å². The van der Waals surface area contributed by atoms with Gasteiger partial charge >= 0.3 is 5.63 Å². The molecule has 0 spiro atoms. The predicted molar refractivity (Wildman–Crippen MR) is 105 cm³/mol. The maximum atomic E-state index is 12.1. The highest BCUT2D eigenvalue weighted by Gasteiger charge is 2.11. The van der Waals surface area contributed by atoms with Crippen LogP contribution in [0, 0.1) is 6.92 Å². The lowest BCUT2D eigenvalue weighted by atomic mass is 9.97. The molecule has 0 aliphatic carbocycles. The molecule has 0 unspecified atom stereocenters. The molecule has 1 amide bonds.